The number of rotatable bonds is 3. The van der Waals surface area contributed by atoms with Gasteiger partial charge in [0.05, 0.1) is 6.54 Å². The second-order valence-electron chi connectivity index (χ2n) is 4.81. The molecular formula is C13H12N2O5. The number of hydrogen-bond acceptors (Lipinski definition) is 5. The molecular weight excluding hydrogens is 264 g/mol. The van der Waals surface area contributed by atoms with Gasteiger partial charge in [-0.2, -0.15) is 0 Å². The number of carbonyl (C=O) groups excluding carboxylic acids is 2. The molecule has 3 heterocycles. The predicted octanol–water partition coefficient (Wildman–Crippen LogP) is 0.196. The zero-order valence-corrected chi connectivity index (χ0v) is 10.5. The molecule has 2 atom stereocenters. The summed E-state index contributed by atoms with van der Waals surface area (Å²) in [6.07, 6.45) is 1.46. The van der Waals surface area contributed by atoms with Crippen LogP contribution in [0.25, 0.3) is 0 Å². The molecule has 2 saturated heterocycles. The summed E-state index contributed by atoms with van der Waals surface area (Å²) in [7, 11) is 0. The van der Waals surface area contributed by atoms with E-state index >= 15 is 0 Å². The number of aromatic carboxylic acids is 1. The fraction of sp³-hybridized carbons (Fsp3) is 0.385. The van der Waals surface area contributed by atoms with Gasteiger partial charge in [0.15, 0.2) is 0 Å². The number of amides is 2. The molecule has 7 heteroatoms. The number of hydrogen-bond donors (Lipinski definition) is 1. The maximum Gasteiger partial charge on any atom is 0.354 e. The molecule has 7 nitrogen and oxygen atoms in total. The summed E-state index contributed by atoms with van der Waals surface area (Å²) in [4.78, 5) is 39.7. The number of ether oxygens (including phenoxy) is 1. The number of nitrogens with zero attached hydrogens (tertiary/aromatic N) is 2. The SMILES string of the molecule is O=C(O)c1ccc(CN2C(=O)C3CCC(O3)C2=O)cn1. The number of carbonyl (C=O) groups is 3. The summed E-state index contributed by atoms with van der Waals surface area (Å²) in [6, 6.07) is 2.90. The van der Waals surface area contributed by atoms with Gasteiger partial charge in [-0.3, -0.25) is 14.5 Å². The molecule has 2 fully saturated rings. The maximum atomic E-state index is 12.0. The number of imide groups is 1. The van der Waals surface area contributed by atoms with Gasteiger partial charge in [0.25, 0.3) is 11.8 Å². The Morgan fingerprint density at radius 1 is 1.30 bits per heavy atom. The molecule has 2 amide bonds. The van der Waals surface area contributed by atoms with Gasteiger partial charge in [0.2, 0.25) is 0 Å². The van der Waals surface area contributed by atoms with Crippen LogP contribution in [-0.4, -0.2) is 45.0 Å². The molecule has 0 saturated carbocycles. The molecule has 2 unspecified atom stereocenters. The van der Waals surface area contributed by atoms with Crippen molar-refractivity contribution >= 4 is 17.8 Å². The Bertz CT molecular complexity index is 561. The van der Waals surface area contributed by atoms with Gasteiger partial charge in [-0.25, -0.2) is 9.78 Å². The normalized spacial score (nSPS) is 25.1. The molecule has 0 aliphatic carbocycles. The van der Waals surface area contributed by atoms with Crippen LogP contribution in [0.5, 0.6) is 0 Å². The van der Waals surface area contributed by atoms with Crippen molar-refractivity contribution in [1.29, 1.82) is 0 Å². The first-order valence-corrected chi connectivity index (χ1v) is 6.25. The summed E-state index contributed by atoms with van der Waals surface area (Å²) in [5.41, 5.74) is 0.534. The highest BCUT2D eigenvalue weighted by Crippen LogP contribution is 2.29. The predicted molar refractivity (Wildman–Crippen MR) is 64.6 cm³/mol. The molecule has 1 N–H and O–H groups in total. The van der Waals surface area contributed by atoms with Crippen LogP contribution in [0.15, 0.2) is 18.3 Å². The van der Waals surface area contributed by atoms with E-state index in [1.54, 1.807) is 6.07 Å². The monoisotopic (exact) mass is 276 g/mol. The number of fused-ring (bicyclic) bond motifs is 2. The summed E-state index contributed by atoms with van der Waals surface area (Å²) >= 11 is 0. The lowest BCUT2D eigenvalue weighted by atomic mass is 10.2. The Hall–Kier alpha value is -2.28. The third-order valence-corrected chi connectivity index (χ3v) is 3.49. The van der Waals surface area contributed by atoms with E-state index < -0.39 is 18.2 Å². The van der Waals surface area contributed by atoms with E-state index in [4.69, 9.17) is 9.84 Å². The van der Waals surface area contributed by atoms with Gasteiger partial charge in [-0.15, -0.1) is 0 Å². The number of aromatic nitrogens is 1. The lowest BCUT2D eigenvalue weighted by molar-refractivity contribution is -0.169. The van der Waals surface area contributed by atoms with E-state index in [1.165, 1.54) is 17.2 Å². The first-order chi connectivity index (χ1) is 9.56. The average molecular weight is 276 g/mol. The molecule has 2 bridgehead atoms. The van der Waals surface area contributed by atoms with Crippen LogP contribution in [0.1, 0.15) is 28.9 Å². The Morgan fingerprint density at radius 2 is 1.95 bits per heavy atom. The van der Waals surface area contributed by atoms with Crippen molar-refractivity contribution in [2.75, 3.05) is 0 Å². The molecule has 2 aliphatic heterocycles. The zero-order chi connectivity index (χ0) is 14.3. The van der Waals surface area contributed by atoms with Gasteiger partial charge >= 0.3 is 5.97 Å². The molecule has 0 spiro atoms. The minimum absolute atomic E-state index is 0.0755. The topological polar surface area (TPSA) is 96.8 Å². The minimum Gasteiger partial charge on any atom is -0.477 e. The fourth-order valence-corrected chi connectivity index (χ4v) is 2.44. The van der Waals surface area contributed by atoms with E-state index in [-0.39, 0.29) is 24.1 Å². The van der Waals surface area contributed by atoms with E-state index in [9.17, 15) is 14.4 Å². The lowest BCUT2D eigenvalue weighted by Crippen LogP contribution is -2.51. The first-order valence-electron chi connectivity index (χ1n) is 6.25. The van der Waals surface area contributed by atoms with Gasteiger partial charge in [0, 0.05) is 6.20 Å². The smallest absolute Gasteiger partial charge is 0.354 e. The lowest BCUT2D eigenvalue weighted by Gasteiger charge is -2.29. The molecule has 1 aromatic rings. The highest BCUT2D eigenvalue weighted by atomic mass is 16.5. The molecule has 0 radical (unpaired) electrons. The van der Waals surface area contributed by atoms with Crippen LogP contribution < -0.4 is 0 Å². The summed E-state index contributed by atoms with van der Waals surface area (Å²) < 4.78 is 5.31. The maximum absolute atomic E-state index is 12.0. The Kier molecular flexibility index (Phi) is 2.98. The van der Waals surface area contributed by atoms with Crippen molar-refractivity contribution in [1.82, 2.24) is 9.88 Å². The van der Waals surface area contributed by atoms with Crippen molar-refractivity contribution in [2.24, 2.45) is 0 Å². The number of carboxylic acid groups (broad SMARTS) is 1. The Morgan fingerprint density at radius 3 is 2.45 bits per heavy atom. The minimum atomic E-state index is -1.12. The van der Waals surface area contributed by atoms with Gasteiger partial charge < -0.3 is 9.84 Å². The van der Waals surface area contributed by atoms with E-state index in [0.717, 1.165) is 0 Å². The third kappa shape index (κ3) is 2.05. The standard InChI is InChI=1S/C13H12N2O5/c16-11-9-3-4-10(20-9)12(17)15(11)6-7-1-2-8(13(18)19)14-5-7/h1-2,5,9-10H,3-4,6H2,(H,18,19). The molecule has 104 valence electrons. The number of pyridine rings is 1. The van der Waals surface area contributed by atoms with Crippen LogP contribution in [0.2, 0.25) is 0 Å². The van der Waals surface area contributed by atoms with Crippen molar-refractivity contribution in [3.05, 3.63) is 29.6 Å². The average Bonchev–Trinajstić information content (AvgIpc) is 2.89. The van der Waals surface area contributed by atoms with E-state index in [0.29, 0.717) is 18.4 Å². The van der Waals surface area contributed by atoms with Crippen molar-refractivity contribution in [3.63, 3.8) is 0 Å². The second kappa shape index (κ2) is 4.68. The summed E-state index contributed by atoms with van der Waals surface area (Å²) in [5.74, 6) is -1.77. The Labute approximate surface area is 114 Å². The van der Waals surface area contributed by atoms with Crippen molar-refractivity contribution < 1.29 is 24.2 Å². The summed E-state index contributed by atoms with van der Waals surface area (Å²) in [6.45, 7) is 0.0981. The summed E-state index contributed by atoms with van der Waals surface area (Å²) in [5, 5.41) is 8.76. The van der Waals surface area contributed by atoms with Gasteiger partial charge in [0.1, 0.15) is 17.9 Å². The molecule has 2 aliphatic rings. The molecule has 1 aromatic heterocycles. The van der Waals surface area contributed by atoms with Crippen molar-refractivity contribution in [3.8, 4) is 0 Å². The molecule has 0 aromatic carbocycles. The van der Waals surface area contributed by atoms with Crippen LogP contribution in [0.3, 0.4) is 0 Å². The zero-order valence-electron chi connectivity index (χ0n) is 10.5. The van der Waals surface area contributed by atoms with Crippen LogP contribution in [-0.2, 0) is 20.9 Å². The molecule has 3 rings (SSSR count). The first kappa shape index (κ1) is 12.7. The van der Waals surface area contributed by atoms with Crippen LogP contribution >= 0.6 is 0 Å². The Balaban J connectivity index is 1.78. The van der Waals surface area contributed by atoms with Gasteiger partial charge in [-0.1, -0.05) is 6.07 Å². The highest BCUT2D eigenvalue weighted by Gasteiger charge is 2.46. The van der Waals surface area contributed by atoms with Crippen LogP contribution in [0.4, 0.5) is 0 Å². The third-order valence-electron chi connectivity index (χ3n) is 3.49. The number of likely N-dealkylation sites (tertiary alicyclic amines) is 1. The molecule has 20 heavy (non-hydrogen) atoms. The van der Waals surface area contributed by atoms with Crippen LogP contribution in [0, 0.1) is 0 Å². The van der Waals surface area contributed by atoms with E-state index in [1.807, 2.05) is 0 Å². The van der Waals surface area contributed by atoms with Gasteiger partial charge in [-0.05, 0) is 24.5 Å². The van der Waals surface area contributed by atoms with E-state index in [2.05, 4.69) is 4.98 Å². The number of morpholine rings is 1. The quantitative estimate of drug-likeness (QED) is 0.792. The second-order valence-corrected chi connectivity index (χ2v) is 4.81. The largest absolute Gasteiger partial charge is 0.477 e. The highest BCUT2D eigenvalue weighted by molar-refractivity contribution is 6.02. The fourth-order valence-electron chi connectivity index (χ4n) is 2.44. The number of carboxylic acids is 1. The van der Waals surface area contributed by atoms with Crippen molar-refractivity contribution in [2.45, 2.75) is 31.6 Å².